The van der Waals surface area contributed by atoms with Crippen LogP contribution < -0.4 is 10.2 Å². The Balaban J connectivity index is 1.38. The zero-order valence-electron chi connectivity index (χ0n) is 18.7. The number of fused-ring (bicyclic) bond motifs is 1. The first-order valence-electron chi connectivity index (χ1n) is 10.6. The van der Waals surface area contributed by atoms with Gasteiger partial charge in [-0.3, -0.25) is 4.79 Å². The van der Waals surface area contributed by atoms with Gasteiger partial charge in [0.2, 0.25) is 5.91 Å². The Morgan fingerprint density at radius 3 is 2.59 bits per heavy atom. The molecule has 4 aromatic rings. The second-order valence-corrected chi connectivity index (χ2v) is 9.25. The van der Waals surface area contributed by atoms with E-state index in [-0.39, 0.29) is 17.6 Å². The first-order chi connectivity index (χ1) is 16.5. The Labute approximate surface area is 205 Å². The van der Waals surface area contributed by atoms with Crippen LogP contribution in [0.2, 0.25) is 0 Å². The van der Waals surface area contributed by atoms with E-state index in [2.05, 4.69) is 37.3 Å². The maximum absolute atomic E-state index is 12.5. The molecule has 0 atom stereocenters. The van der Waals surface area contributed by atoms with Crippen LogP contribution in [0.4, 0.5) is 10.8 Å². The maximum Gasteiger partial charge on any atom is 0.338 e. The molecule has 2 aromatic carbocycles. The molecule has 1 amide bonds. The molecule has 0 fully saturated rings. The average Bonchev–Trinajstić information content (AvgIpc) is 3.29. The van der Waals surface area contributed by atoms with Crippen LogP contribution in [0.5, 0.6) is 0 Å². The van der Waals surface area contributed by atoms with Crippen LogP contribution in [0.15, 0.2) is 66.0 Å². The quantitative estimate of drug-likeness (QED) is 0.205. The molecule has 0 spiro atoms. The number of rotatable bonds is 9. The van der Waals surface area contributed by atoms with Crippen LogP contribution in [0.1, 0.15) is 22.8 Å². The molecule has 1 N–H and O–H groups in total. The molecule has 34 heavy (non-hydrogen) atoms. The van der Waals surface area contributed by atoms with Gasteiger partial charge in [-0.2, -0.15) is 4.98 Å². The normalized spacial score (nSPS) is 10.8. The van der Waals surface area contributed by atoms with Gasteiger partial charge in [0.25, 0.3) is 0 Å². The van der Waals surface area contributed by atoms with E-state index in [0.29, 0.717) is 23.5 Å². The third kappa shape index (κ3) is 5.89. The highest BCUT2D eigenvalue weighted by molar-refractivity contribution is 8.00. The lowest BCUT2D eigenvalue weighted by atomic mass is 10.2. The molecule has 2 aromatic heterocycles. The predicted molar refractivity (Wildman–Crippen MR) is 136 cm³/mol. The maximum atomic E-state index is 12.5. The second kappa shape index (κ2) is 11.1. The highest BCUT2D eigenvalue weighted by atomic mass is 32.2. The number of anilines is 2. The van der Waals surface area contributed by atoms with E-state index in [4.69, 9.17) is 4.74 Å². The van der Waals surface area contributed by atoms with Gasteiger partial charge in [0.15, 0.2) is 10.8 Å². The van der Waals surface area contributed by atoms with Crippen molar-refractivity contribution in [2.75, 3.05) is 29.6 Å². The monoisotopic (exact) mass is 493 g/mol. The average molecular weight is 494 g/mol. The van der Waals surface area contributed by atoms with Crippen molar-refractivity contribution in [2.24, 2.45) is 0 Å². The van der Waals surface area contributed by atoms with E-state index in [1.165, 1.54) is 35.0 Å². The van der Waals surface area contributed by atoms with Crippen molar-refractivity contribution in [2.45, 2.75) is 18.5 Å². The molecule has 0 aliphatic carbocycles. The van der Waals surface area contributed by atoms with Crippen molar-refractivity contribution in [1.82, 2.24) is 15.0 Å². The molecule has 0 radical (unpaired) electrons. The SMILES string of the molecule is CCOC(=O)c1ccc(NC(=O)CSc2ncnc3nc(N(C)Cc4ccccc4)sc23)cc1. The van der Waals surface area contributed by atoms with Gasteiger partial charge in [-0.25, -0.2) is 14.8 Å². The molecule has 0 unspecified atom stereocenters. The Hall–Kier alpha value is -3.50. The predicted octanol–water partition coefficient (Wildman–Crippen LogP) is 4.63. The molecule has 0 aliphatic heterocycles. The Kier molecular flexibility index (Phi) is 7.71. The Morgan fingerprint density at radius 1 is 1.09 bits per heavy atom. The summed E-state index contributed by atoms with van der Waals surface area (Å²) in [6.07, 6.45) is 1.47. The van der Waals surface area contributed by atoms with Gasteiger partial charge >= 0.3 is 5.97 Å². The summed E-state index contributed by atoms with van der Waals surface area (Å²) in [5.41, 5.74) is 2.86. The zero-order valence-corrected chi connectivity index (χ0v) is 20.4. The van der Waals surface area contributed by atoms with Gasteiger partial charge in [-0.05, 0) is 36.8 Å². The number of carbonyl (C=O) groups excluding carboxylic acids is 2. The number of esters is 1. The summed E-state index contributed by atoms with van der Waals surface area (Å²) in [4.78, 5) is 39.6. The number of nitrogens with one attached hydrogen (secondary N) is 1. The van der Waals surface area contributed by atoms with E-state index < -0.39 is 0 Å². The fourth-order valence-corrected chi connectivity index (χ4v) is 5.00. The van der Waals surface area contributed by atoms with Crippen LogP contribution in [0, 0.1) is 0 Å². The minimum absolute atomic E-state index is 0.174. The number of carbonyl (C=O) groups is 2. The topological polar surface area (TPSA) is 97.3 Å². The minimum atomic E-state index is -0.387. The molecule has 4 rings (SSSR count). The van der Waals surface area contributed by atoms with Gasteiger partial charge in [0.05, 0.1) is 17.9 Å². The van der Waals surface area contributed by atoms with Gasteiger partial charge in [-0.1, -0.05) is 53.4 Å². The highest BCUT2D eigenvalue weighted by Gasteiger charge is 2.15. The first kappa shape index (κ1) is 23.7. The number of nitrogens with zero attached hydrogens (tertiary/aromatic N) is 4. The smallest absolute Gasteiger partial charge is 0.338 e. The third-order valence-corrected chi connectivity index (χ3v) is 7.04. The fourth-order valence-electron chi connectivity index (χ4n) is 3.15. The number of amides is 1. The van der Waals surface area contributed by atoms with Crippen molar-refractivity contribution < 1.29 is 14.3 Å². The van der Waals surface area contributed by atoms with Gasteiger partial charge in [0.1, 0.15) is 16.1 Å². The van der Waals surface area contributed by atoms with E-state index >= 15 is 0 Å². The van der Waals surface area contributed by atoms with Crippen LogP contribution in [0.25, 0.3) is 10.3 Å². The lowest BCUT2D eigenvalue weighted by molar-refractivity contribution is -0.113. The van der Waals surface area contributed by atoms with Gasteiger partial charge in [-0.15, -0.1) is 0 Å². The van der Waals surface area contributed by atoms with Crippen LogP contribution >= 0.6 is 23.1 Å². The molecule has 0 aliphatic rings. The van der Waals surface area contributed by atoms with Crippen molar-refractivity contribution >= 4 is 56.1 Å². The lowest BCUT2D eigenvalue weighted by Crippen LogP contribution is -2.15. The number of benzene rings is 2. The molecule has 10 heteroatoms. The first-order valence-corrected chi connectivity index (χ1v) is 12.4. The van der Waals surface area contributed by atoms with E-state index in [1.807, 2.05) is 25.2 Å². The largest absolute Gasteiger partial charge is 0.462 e. The van der Waals surface area contributed by atoms with E-state index in [0.717, 1.165) is 21.4 Å². The Morgan fingerprint density at radius 2 is 1.85 bits per heavy atom. The van der Waals surface area contributed by atoms with Crippen LogP contribution in [-0.4, -0.2) is 46.2 Å². The molecule has 0 saturated carbocycles. The standard InChI is InChI=1S/C24H23N5O3S2/c1-3-32-23(31)17-9-11-18(12-10-17)27-19(30)14-33-22-20-21(25-15-26-22)28-24(34-20)29(2)13-16-7-5-4-6-8-16/h4-12,15H,3,13-14H2,1-2H3,(H,27,30). The van der Waals surface area contributed by atoms with Gasteiger partial charge in [0, 0.05) is 19.3 Å². The molecule has 174 valence electrons. The van der Waals surface area contributed by atoms with E-state index in [1.54, 1.807) is 31.2 Å². The summed E-state index contributed by atoms with van der Waals surface area (Å²) in [6, 6.07) is 16.8. The molecular weight excluding hydrogens is 470 g/mol. The number of hydrogen-bond acceptors (Lipinski definition) is 9. The fraction of sp³-hybridized carbons (Fsp3) is 0.208. The molecule has 0 saturated heterocycles. The van der Waals surface area contributed by atoms with Crippen LogP contribution in [0.3, 0.4) is 0 Å². The summed E-state index contributed by atoms with van der Waals surface area (Å²) in [7, 11) is 1.99. The third-order valence-electron chi connectivity index (χ3n) is 4.76. The minimum Gasteiger partial charge on any atom is -0.462 e. The summed E-state index contributed by atoms with van der Waals surface area (Å²) in [5, 5.41) is 4.39. The van der Waals surface area contributed by atoms with Crippen molar-refractivity contribution in [3.63, 3.8) is 0 Å². The number of thioether (sulfide) groups is 1. The molecule has 8 nitrogen and oxygen atoms in total. The summed E-state index contributed by atoms with van der Waals surface area (Å²) in [5.74, 6) is -0.382. The lowest BCUT2D eigenvalue weighted by Gasteiger charge is -2.15. The van der Waals surface area contributed by atoms with Crippen LogP contribution in [-0.2, 0) is 16.1 Å². The molecule has 0 bridgehead atoms. The number of ether oxygens (including phenoxy) is 1. The number of aromatic nitrogens is 3. The second-order valence-electron chi connectivity index (χ2n) is 7.30. The van der Waals surface area contributed by atoms with Crippen molar-refractivity contribution in [1.29, 1.82) is 0 Å². The van der Waals surface area contributed by atoms with Crippen molar-refractivity contribution in [3.8, 4) is 0 Å². The summed E-state index contributed by atoms with van der Waals surface area (Å²) in [6.45, 7) is 2.80. The number of hydrogen-bond donors (Lipinski definition) is 1. The zero-order chi connectivity index (χ0) is 23.9. The Bertz CT molecular complexity index is 1280. The molecular formula is C24H23N5O3S2. The van der Waals surface area contributed by atoms with Gasteiger partial charge < -0.3 is 15.0 Å². The van der Waals surface area contributed by atoms with Crippen molar-refractivity contribution in [3.05, 3.63) is 72.1 Å². The summed E-state index contributed by atoms with van der Waals surface area (Å²) < 4.78 is 5.82. The summed E-state index contributed by atoms with van der Waals surface area (Å²) >= 11 is 2.84. The highest BCUT2D eigenvalue weighted by Crippen LogP contribution is 2.33. The number of thiazole rings is 1. The molecule has 2 heterocycles. The van der Waals surface area contributed by atoms with E-state index in [9.17, 15) is 9.59 Å².